The Bertz CT molecular complexity index is 360. The Hall–Kier alpha value is -1.06. The lowest BCUT2D eigenvalue weighted by Gasteiger charge is -2.38. The number of hydrogen-bond donors (Lipinski definition) is 1. The van der Waals surface area contributed by atoms with Gasteiger partial charge in [0.2, 0.25) is 0 Å². The van der Waals surface area contributed by atoms with Crippen molar-refractivity contribution in [3.8, 4) is 0 Å². The van der Waals surface area contributed by atoms with Crippen LogP contribution in [-0.4, -0.2) is 23.1 Å². The van der Waals surface area contributed by atoms with Gasteiger partial charge in [-0.15, -0.1) is 0 Å². The molecule has 0 aromatic carbocycles. The van der Waals surface area contributed by atoms with Crippen molar-refractivity contribution in [3.63, 3.8) is 0 Å². The summed E-state index contributed by atoms with van der Waals surface area (Å²) in [5.74, 6) is -1.13. The molecule has 0 unspecified atom stereocenters. The summed E-state index contributed by atoms with van der Waals surface area (Å²) in [6.07, 6.45) is 2.50. The molecule has 3 atom stereocenters. The fraction of sp³-hybridized carbons (Fsp3) is 0.846. The van der Waals surface area contributed by atoms with Crippen LogP contribution in [0.3, 0.4) is 0 Å². The van der Waals surface area contributed by atoms with Gasteiger partial charge in [0.25, 0.3) is 0 Å². The van der Waals surface area contributed by atoms with Crippen molar-refractivity contribution < 1.29 is 19.4 Å². The normalized spacial score (nSPS) is 38.1. The Morgan fingerprint density at radius 2 is 2.00 bits per heavy atom. The van der Waals surface area contributed by atoms with Crippen LogP contribution in [0.15, 0.2) is 0 Å². The molecular weight excluding hydrogens is 220 g/mol. The number of aliphatic carboxylic acids is 1. The van der Waals surface area contributed by atoms with Gasteiger partial charge in [-0.25, -0.2) is 0 Å². The lowest BCUT2D eigenvalue weighted by atomic mass is 9.70. The van der Waals surface area contributed by atoms with E-state index in [2.05, 4.69) is 20.8 Å². The van der Waals surface area contributed by atoms with Gasteiger partial charge in [-0.2, -0.15) is 0 Å². The van der Waals surface area contributed by atoms with Crippen LogP contribution in [0.25, 0.3) is 0 Å². The number of fused-ring (bicyclic) bond motifs is 2. The van der Waals surface area contributed by atoms with Crippen molar-refractivity contribution >= 4 is 11.9 Å². The molecule has 17 heavy (non-hydrogen) atoms. The standard InChI is InChI=1S/C13H20O4/c1-12(2)8-4-5-13(12,3)9(6-8)17-11(16)7-10(14)15/h8-9H,4-7H2,1-3H3,(H,14,15)/t8-,9-,13-/m1/s1. The van der Waals surface area contributed by atoms with E-state index < -0.39 is 18.4 Å². The van der Waals surface area contributed by atoms with E-state index in [0.717, 1.165) is 12.8 Å². The van der Waals surface area contributed by atoms with Gasteiger partial charge in [-0.1, -0.05) is 20.8 Å². The van der Waals surface area contributed by atoms with Crippen LogP contribution in [0.5, 0.6) is 0 Å². The molecular formula is C13H20O4. The number of carbonyl (C=O) groups excluding carboxylic acids is 1. The number of carboxylic acids is 1. The average molecular weight is 240 g/mol. The van der Waals surface area contributed by atoms with Gasteiger partial charge >= 0.3 is 11.9 Å². The molecule has 0 aliphatic heterocycles. The Balaban J connectivity index is 2.06. The molecule has 0 spiro atoms. The van der Waals surface area contributed by atoms with Crippen LogP contribution in [0.1, 0.15) is 46.5 Å². The summed E-state index contributed by atoms with van der Waals surface area (Å²) >= 11 is 0. The SMILES string of the molecule is CC1(C)[C@@H]2CC[C@]1(C)[C@H](OC(=O)CC(=O)O)C2. The molecule has 0 radical (unpaired) electrons. The summed E-state index contributed by atoms with van der Waals surface area (Å²) < 4.78 is 5.37. The maximum atomic E-state index is 11.4. The predicted molar refractivity (Wildman–Crippen MR) is 61.4 cm³/mol. The van der Waals surface area contributed by atoms with Crippen molar-refractivity contribution in [1.29, 1.82) is 0 Å². The van der Waals surface area contributed by atoms with Crippen LogP contribution >= 0.6 is 0 Å². The van der Waals surface area contributed by atoms with Gasteiger partial charge in [0.15, 0.2) is 0 Å². The minimum Gasteiger partial charge on any atom is -0.481 e. The zero-order valence-electron chi connectivity index (χ0n) is 10.7. The third-order valence-corrected chi connectivity index (χ3v) is 5.28. The summed E-state index contributed by atoms with van der Waals surface area (Å²) in [6.45, 7) is 6.63. The molecule has 2 bridgehead atoms. The average Bonchev–Trinajstić information content (AvgIpc) is 2.49. The summed E-state index contributed by atoms with van der Waals surface area (Å²) in [5, 5.41) is 8.56. The summed E-state index contributed by atoms with van der Waals surface area (Å²) in [4.78, 5) is 21.9. The Kier molecular flexibility index (Phi) is 2.71. The number of hydrogen-bond acceptors (Lipinski definition) is 3. The highest BCUT2D eigenvalue weighted by Gasteiger charge is 2.62. The second-order valence-corrected chi connectivity index (χ2v) is 6.16. The van der Waals surface area contributed by atoms with Gasteiger partial charge in [0.05, 0.1) is 0 Å². The van der Waals surface area contributed by atoms with E-state index in [4.69, 9.17) is 9.84 Å². The fourth-order valence-electron chi connectivity index (χ4n) is 3.63. The van der Waals surface area contributed by atoms with Gasteiger partial charge in [0.1, 0.15) is 12.5 Å². The third-order valence-electron chi connectivity index (χ3n) is 5.28. The molecule has 0 aromatic rings. The number of rotatable bonds is 3. The molecule has 0 heterocycles. The minimum absolute atomic E-state index is 0.00578. The first-order chi connectivity index (χ1) is 7.77. The Morgan fingerprint density at radius 1 is 1.35 bits per heavy atom. The van der Waals surface area contributed by atoms with Crippen molar-refractivity contribution in [2.45, 2.75) is 52.6 Å². The number of ether oxygens (including phenoxy) is 1. The van der Waals surface area contributed by atoms with Crippen LogP contribution < -0.4 is 0 Å². The maximum Gasteiger partial charge on any atom is 0.317 e. The van der Waals surface area contributed by atoms with E-state index in [0.29, 0.717) is 5.92 Å². The molecule has 2 rings (SSSR count). The lowest BCUT2D eigenvalue weighted by molar-refractivity contribution is -0.161. The summed E-state index contributed by atoms with van der Waals surface area (Å²) in [7, 11) is 0. The molecule has 0 amide bonds. The maximum absolute atomic E-state index is 11.4. The third kappa shape index (κ3) is 1.74. The van der Waals surface area contributed by atoms with Gasteiger partial charge in [-0.05, 0) is 30.6 Å². The van der Waals surface area contributed by atoms with Gasteiger partial charge in [-0.3, -0.25) is 9.59 Å². The summed E-state index contributed by atoms with van der Waals surface area (Å²) in [6, 6.07) is 0. The first kappa shape index (κ1) is 12.4. The molecule has 2 saturated carbocycles. The highest BCUT2D eigenvalue weighted by molar-refractivity contribution is 5.90. The van der Waals surface area contributed by atoms with Gasteiger partial charge in [0, 0.05) is 5.41 Å². The number of esters is 1. The van der Waals surface area contributed by atoms with Crippen molar-refractivity contribution in [1.82, 2.24) is 0 Å². The van der Waals surface area contributed by atoms with E-state index in [9.17, 15) is 9.59 Å². The molecule has 2 fully saturated rings. The van der Waals surface area contributed by atoms with Crippen molar-refractivity contribution in [2.24, 2.45) is 16.7 Å². The van der Waals surface area contributed by atoms with Crippen molar-refractivity contribution in [3.05, 3.63) is 0 Å². The topological polar surface area (TPSA) is 63.6 Å². The highest BCUT2D eigenvalue weighted by Crippen LogP contribution is 2.66. The number of carbonyl (C=O) groups is 2. The zero-order valence-corrected chi connectivity index (χ0v) is 10.7. The Labute approximate surface area is 101 Å². The van der Waals surface area contributed by atoms with Crippen LogP contribution in [0, 0.1) is 16.7 Å². The Morgan fingerprint density at radius 3 is 2.41 bits per heavy atom. The largest absolute Gasteiger partial charge is 0.481 e. The molecule has 2 aliphatic rings. The lowest BCUT2D eigenvalue weighted by Crippen LogP contribution is -2.38. The molecule has 0 aromatic heterocycles. The van der Waals surface area contributed by atoms with Crippen molar-refractivity contribution in [2.75, 3.05) is 0 Å². The predicted octanol–water partition coefficient (Wildman–Crippen LogP) is 2.22. The summed E-state index contributed by atoms with van der Waals surface area (Å²) in [5.41, 5.74) is 0.188. The second-order valence-electron chi connectivity index (χ2n) is 6.16. The van der Waals surface area contributed by atoms with Gasteiger partial charge < -0.3 is 9.84 Å². The monoisotopic (exact) mass is 240 g/mol. The number of carboxylic acid groups (broad SMARTS) is 1. The molecule has 4 nitrogen and oxygen atoms in total. The van der Waals surface area contributed by atoms with Crippen LogP contribution in [-0.2, 0) is 14.3 Å². The molecule has 0 saturated heterocycles. The van der Waals surface area contributed by atoms with E-state index in [1.54, 1.807) is 0 Å². The minimum atomic E-state index is -1.12. The van der Waals surface area contributed by atoms with Crippen LogP contribution in [0.2, 0.25) is 0 Å². The molecule has 1 N–H and O–H groups in total. The zero-order chi connectivity index (χ0) is 12.8. The smallest absolute Gasteiger partial charge is 0.317 e. The highest BCUT2D eigenvalue weighted by atomic mass is 16.5. The first-order valence-corrected chi connectivity index (χ1v) is 6.18. The van der Waals surface area contributed by atoms with E-state index in [1.165, 1.54) is 6.42 Å². The first-order valence-electron chi connectivity index (χ1n) is 6.18. The fourth-order valence-corrected chi connectivity index (χ4v) is 3.63. The van der Waals surface area contributed by atoms with Crippen LogP contribution in [0.4, 0.5) is 0 Å². The molecule has 96 valence electrons. The van der Waals surface area contributed by atoms with E-state index in [-0.39, 0.29) is 16.9 Å². The molecule has 4 heteroatoms. The van der Waals surface area contributed by atoms with E-state index >= 15 is 0 Å². The van der Waals surface area contributed by atoms with E-state index in [1.807, 2.05) is 0 Å². The molecule has 2 aliphatic carbocycles. The quantitative estimate of drug-likeness (QED) is 0.607. The second kappa shape index (κ2) is 3.72.